The lowest BCUT2D eigenvalue weighted by molar-refractivity contribution is -0.137. The van der Waals surface area contributed by atoms with Crippen molar-refractivity contribution in [2.24, 2.45) is 11.3 Å². The van der Waals surface area contributed by atoms with E-state index < -0.39 is 11.7 Å². The standard InChI is InChI=1S/C16H20F3NO2/c17-16(18,19)13-3-1-2-12(6-13)14(11-4-5-11)20-7-15(8-21)9-22-10-15/h1-3,6,11,14,20-21H,4-5,7-10H2. The fourth-order valence-corrected chi connectivity index (χ4v) is 2.86. The minimum atomic E-state index is -4.32. The summed E-state index contributed by atoms with van der Waals surface area (Å²) in [6, 6.07) is 5.45. The van der Waals surface area contributed by atoms with Gasteiger partial charge in [-0.15, -0.1) is 0 Å². The highest BCUT2D eigenvalue weighted by atomic mass is 19.4. The van der Waals surface area contributed by atoms with E-state index in [2.05, 4.69) is 5.32 Å². The zero-order chi connectivity index (χ0) is 15.8. The minimum Gasteiger partial charge on any atom is -0.396 e. The fraction of sp³-hybridized carbons (Fsp3) is 0.625. The quantitative estimate of drug-likeness (QED) is 0.848. The van der Waals surface area contributed by atoms with Crippen molar-refractivity contribution in [2.75, 3.05) is 26.4 Å². The average Bonchev–Trinajstić information content (AvgIpc) is 3.26. The third-order valence-electron chi connectivity index (χ3n) is 4.52. The van der Waals surface area contributed by atoms with Crippen LogP contribution in [0, 0.1) is 11.3 Å². The Hall–Kier alpha value is -1.11. The van der Waals surface area contributed by atoms with Crippen LogP contribution in [0.4, 0.5) is 13.2 Å². The second-order valence-electron chi connectivity index (χ2n) is 6.47. The van der Waals surface area contributed by atoms with Gasteiger partial charge in [0.2, 0.25) is 0 Å². The van der Waals surface area contributed by atoms with Gasteiger partial charge in [0.15, 0.2) is 0 Å². The highest BCUT2D eigenvalue weighted by Gasteiger charge is 2.41. The molecule has 1 aromatic carbocycles. The smallest absolute Gasteiger partial charge is 0.396 e. The maximum atomic E-state index is 12.9. The fourth-order valence-electron chi connectivity index (χ4n) is 2.86. The van der Waals surface area contributed by atoms with E-state index in [9.17, 15) is 18.3 Å². The van der Waals surface area contributed by atoms with Gasteiger partial charge in [-0.3, -0.25) is 0 Å². The summed E-state index contributed by atoms with van der Waals surface area (Å²) in [4.78, 5) is 0. The number of aliphatic hydroxyl groups excluding tert-OH is 1. The normalized spacial score (nSPS) is 22.2. The number of hydrogen-bond donors (Lipinski definition) is 2. The van der Waals surface area contributed by atoms with Crippen molar-refractivity contribution >= 4 is 0 Å². The van der Waals surface area contributed by atoms with E-state index in [0.717, 1.165) is 18.9 Å². The van der Waals surface area contributed by atoms with Crippen LogP contribution in [-0.2, 0) is 10.9 Å². The van der Waals surface area contributed by atoms with E-state index in [1.54, 1.807) is 6.07 Å². The molecule has 22 heavy (non-hydrogen) atoms. The molecule has 3 rings (SSSR count). The highest BCUT2D eigenvalue weighted by Crippen LogP contribution is 2.42. The first-order valence-corrected chi connectivity index (χ1v) is 7.53. The molecule has 2 fully saturated rings. The van der Waals surface area contributed by atoms with Crippen LogP contribution in [0.15, 0.2) is 24.3 Å². The molecule has 1 saturated heterocycles. The predicted molar refractivity (Wildman–Crippen MR) is 75.2 cm³/mol. The maximum Gasteiger partial charge on any atom is 0.416 e. The van der Waals surface area contributed by atoms with Crippen LogP contribution in [0.1, 0.15) is 30.0 Å². The van der Waals surface area contributed by atoms with Crippen LogP contribution in [-0.4, -0.2) is 31.5 Å². The molecule has 1 aromatic rings. The number of hydrogen-bond acceptors (Lipinski definition) is 3. The predicted octanol–water partition coefficient (Wildman–Crippen LogP) is 2.76. The molecule has 1 atom stereocenters. The van der Waals surface area contributed by atoms with Crippen molar-refractivity contribution in [3.8, 4) is 0 Å². The van der Waals surface area contributed by atoms with Gasteiger partial charge >= 0.3 is 6.18 Å². The Labute approximate surface area is 127 Å². The monoisotopic (exact) mass is 315 g/mol. The van der Waals surface area contributed by atoms with E-state index in [-0.39, 0.29) is 18.1 Å². The number of alkyl halides is 3. The topological polar surface area (TPSA) is 41.5 Å². The van der Waals surface area contributed by atoms with Gasteiger partial charge in [0.25, 0.3) is 0 Å². The molecule has 0 amide bonds. The van der Waals surface area contributed by atoms with E-state index >= 15 is 0 Å². The van der Waals surface area contributed by atoms with Gasteiger partial charge in [-0.2, -0.15) is 13.2 Å². The van der Waals surface area contributed by atoms with Crippen molar-refractivity contribution in [1.82, 2.24) is 5.32 Å². The molecule has 3 nitrogen and oxygen atoms in total. The van der Waals surface area contributed by atoms with Crippen LogP contribution >= 0.6 is 0 Å². The molecular formula is C16H20F3NO2. The molecule has 0 bridgehead atoms. The molecule has 1 saturated carbocycles. The summed E-state index contributed by atoms with van der Waals surface area (Å²) in [6.07, 6.45) is -2.27. The lowest BCUT2D eigenvalue weighted by atomic mass is 9.86. The maximum absolute atomic E-state index is 12.9. The Bertz CT molecular complexity index is 519. The molecule has 122 valence electrons. The van der Waals surface area contributed by atoms with Gasteiger partial charge in [-0.25, -0.2) is 0 Å². The third-order valence-corrected chi connectivity index (χ3v) is 4.52. The summed E-state index contributed by atoms with van der Waals surface area (Å²) in [5, 5.41) is 12.8. The Kier molecular flexibility index (Phi) is 4.18. The number of nitrogens with one attached hydrogen (secondary N) is 1. The van der Waals surface area contributed by atoms with Crippen LogP contribution in [0.2, 0.25) is 0 Å². The van der Waals surface area contributed by atoms with Gasteiger partial charge in [-0.05, 0) is 36.5 Å². The van der Waals surface area contributed by atoms with E-state index in [4.69, 9.17) is 4.74 Å². The van der Waals surface area contributed by atoms with E-state index in [1.807, 2.05) is 0 Å². The molecule has 1 aliphatic heterocycles. The van der Waals surface area contributed by atoms with Crippen molar-refractivity contribution in [3.63, 3.8) is 0 Å². The molecular weight excluding hydrogens is 295 g/mol. The lowest BCUT2D eigenvalue weighted by Crippen LogP contribution is -2.52. The van der Waals surface area contributed by atoms with Crippen molar-refractivity contribution in [2.45, 2.75) is 25.1 Å². The van der Waals surface area contributed by atoms with Gasteiger partial charge in [0, 0.05) is 12.6 Å². The van der Waals surface area contributed by atoms with Crippen LogP contribution in [0.3, 0.4) is 0 Å². The third kappa shape index (κ3) is 3.29. The average molecular weight is 315 g/mol. The molecule has 1 unspecified atom stereocenters. The van der Waals surface area contributed by atoms with Crippen molar-refractivity contribution in [3.05, 3.63) is 35.4 Å². The molecule has 1 aliphatic carbocycles. The van der Waals surface area contributed by atoms with Crippen molar-refractivity contribution < 1.29 is 23.0 Å². The first kappa shape index (κ1) is 15.8. The number of aliphatic hydroxyl groups is 1. The Balaban J connectivity index is 1.74. The second-order valence-corrected chi connectivity index (χ2v) is 6.47. The summed E-state index contributed by atoms with van der Waals surface area (Å²) in [7, 11) is 0. The Morgan fingerprint density at radius 2 is 2.05 bits per heavy atom. The second kappa shape index (κ2) is 5.83. The highest BCUT2D eigenvalue weighted by molar-refractivity contribution is 5.29. The first-order chi connectivity index (χ1) is 10.4. The zero-order valence-corrected chi connectivity index (χ0v) is 12.2. The summed E-state index contributed by atoms with van der Waals surface area (Å²) in [5.41, 5.74) is -0.221. The summed E-state index contributed by atoms with van der Waals surface area (Å²) >= 11 is 0. The summed E-state index contributed by atoms with van der Waals surface area (Å²) < 4.78 is 43.8. The van der Waals surface area contributed by atoms with Gasteiger partial charge < -0.3 is 15.2 Å². The molecule has 2 aliphatic rings. The molecule has 1 heterocycles. The number of benzene rings is 1. The molecule has 2 N–H and O–H groups in total. The summed E-state index contributed by atoms with van der Waals surface area (Å²) in [5.74, 6) is 0.375. The van der Waals surface area contributed by atoms with E-state index in [0.29, 0.717) is 31.2 Å². The van der Waals surface area contributed by atoms with Crippen molar-refractivity contribution in [1.29, 1.82) is 0 Å². The van der Waals surface area contributed by atoms with Crippen LogP contribution in [0.25, 0.3) is 0 Å². The zero-order valence-electron chi connectivity index (χ0n) is 12.2. The number of ether oxygens (including phenoxy) is 1. The SMILES string of the molecule is OCC1(CNC(c2cccc(C(F)(F)F)c2)C2CC2)COC1. The molecule has 0 spiro atoms. The van der Waals surface area contributed by atoms with Gasteiger partial charge in [0.1, 0.15) is 0 Å². The summed E-state index contributed by atoms with van der Waals surface area (Å²) in [6.45, 7) is 1.58. The van der Waals surface area contributed by atoms with Crippen LogP contribution in [0.5, 0.6) is 0 Å². The lowest BCUT2D eigenvalue weighted by Gasteiger charge is -2.41. The minimum absolute atomic E-state index is 0.0278. The first-order valence-electron chi connectivity index (χ1n) is 7.53. The van der Waals surface area contributed by atoms with Crippen LogP contribution < -0.4 is 5.32 Å². The Morgan fingerprint density at radius 1 is 1.32 bits per heavy atom. The van der Waals surface area contributed by atoms with E-state index in [1.165, 1.54) is 12.1 Å². The van der Waals surface area contributed by atoms with Gasteiger partial charge in [-0.1, -0.05) is 12.1 Å². The molecule has 0 radical (unpaired) electrons. The Morgan fingerprint density at radius 3 is 2.55 bits per heavy atom. The molecule has 6 heteroatoms. The molecule has 0 aromatic heterocycles. The number of halogens is 3. The number of rotatable bonds is 6. The van der Waals surface area contributed by atoms with Gasteiger partial charge in [0.05, 0.1) is 30.8 Å². The largest absolute Gasteiger partial charge is 0.416 e.